The second-order valence-electron chi connectivity index (χ2n) is 13.9. The van der Waals surface area contributed by atoms with Crippen LogP contribution in [0.15, 0.2) is 72.8 Å². The molecule has 0 amide bonds. The normalized spacial score (nSPS) is 11.0. The van der Waals surface area contributed by atoms with Gasteiger partial charge in [0.1, 0.15) is 17.2 Å². The fourth-order valence-corrected chi connectivity index (χ4v) is 7.64. The van der Waals surface area contributed by atoms with Crippen LogP contribution in [0.25, 0.3) is 0 Å². The molecule has 0 aliphatic rings. The number of para-hydroxylation sites is 3. The Kier molecular flexibility index (Phi) is 26.8. The first-order chi connectivity index (χ1) is 24.2. The standard InChI is InChI=1S/C45H69O3P.Na/c1-4-7-10-13-16-19-22-31-40-34-25-28-37-43(40)46-49(47-44-38-29-26-35-41(44)32-23-20-17-14-11-8-5-2)48-45-39-30-27-36-42(45)33-24-21-18-15-12-9-6-3;/h25-30,34-39H,4-24,31-33H2,1-3H3;. The molecule has 0 spiro atoms. The van der Waals surface area contributed by atoms with Crippen molar-refractivity contribution in [2.24, 2.45) is 0 Å². The number of hydrogen-bond acceptors (Lipinski definition) is 3. The molecule has 5 heteroatoms. The first kappa shape index (κ1) is 44.7. The Morgan fingerprint density at radius 3 is 0.860 bits per heavy atom. The smallest absolute Gasteiger partial charge is 0.408 e. The molecule has 0 aliphatic heterocycles. The van der Waals surface area contributed by atoms with Crippen LogP contribution in [0.2, 0.25) is 0 Å². The van der Waals surface area contributed by atoms with Crippen LogP contribution < -0.4 is 13.6 Å². The third-order valence-corrected chi connectivity index (χ3v) is 10.6. The summed E-state index contributed by atoms with van der Waals surface area (Å²) >= 11 is 0. The van der Waals surface area contributed by atoms with Crippen LogP contribution in [0, 0.1) is 0 Å². The molecule has 3 aromatic rings. The Bertz CT molecular complexity index is 1080. The summed E-state index contributed by atoms with van der Waals surface area (Å²) in [6.07, 6.45) is 30.3. The maximum atomic E-state index is 6.76. The summed E-state index contributed by atoms with van der Waals surface area (Å²) in [6.45, 7) is 6.84. The summed E-state index contributed by atoms with van der Waals surface area (Å²) < 4.78 is 20.3. The monoisotopic (exact) mass is 711 g/mol. The summed E-state index contributed by atoms with van der Waals surface area (Å²) in [7, 11) is -1.72. The first-order valence-electron chi connectivity index (χ1n) is 20.3. The Morgan fingerprint density at radius 2 is 0.580 bits per heavy atom. The molecule has 3 rings (SSSR count). The fourth-order valence-electron chi connectivity index (χ4n) is 6.51. The SMILES string of the molecule is CCCCCCCCCc1ccccc1OP(Oc1ccccc1CCCCCCCCC)Oc1ccccc1CCCCCCCCC.[Na]. The van der Waals surface area contributed by atoms with Gasteiger partial charge in [0.2, 0.25) is 0 Å². The van der Waals surface area contributed by atoms with Gasteiger partial charge in [-0.1, -0.05) is 191 Å². The van der Waals surface area contributed by atoms with Crippen molar-refractivity contribution in [1.29, 1.82) is 0 Å². The van der Waals surface area contributed by atoms with Gasteiger partial charge < -0.3 is 13.6 Å². The molecule has 0 saturated heterocycles. The number of rotatable bonds is 30. The molecule has 1 radical (unpaired) electrons. The van der Waals surface area contributed by atoms with Crippen LogP contribution in [-0.2, 0) is 19.3 Å². The average Bonchev–Trinajstić information content (AvgIpc) is 3.12. The molecule has 0 bridgehead atoms. The maximum Gasteiger partial charge on any atom is 0.530 e. The summed E-state index contributed by atoms with van der Waals surface area (Å²) in [4.78, 5) is 0. The zero-order valence-corrected chi connectivity index (χ0v) is 35.5. The third-order valence-electron chi connectivity index (χ3n) is 9.59. The van der Waals surface area contributed by atoms with Gasteiger partial charge in [-0.3, -0.25) is 0 Å². The molecule has 0 aliphatic carbocycles. The predicted octanol–water partition coefficient (Wildman–Crippen LogP) is 14.9. The van der Waals surface area contributed by atoms with Crippen molar-refractivity contribution in [3.8, 4) is 17.2 Å². The first-order valence-corrected chi connectivity index (χ1v) is 21.4. The summed E-state index contributed by atoms with van der Waals surface area (Å²) in [5, 5.41) is 0. The summed E-state index contributed by atoms with van der Waals surface area (Å²) in [5.41, 5.74) is 3.72. The van der Waals surface area contributed by atoms with Crippen molar-refractivity contribution in [3.05, 3.63) is 89.5 Å². The molecule has 0 N–H and O–H groups in total. The van der Waals surface area contributed by atoms with E-state index in [9.17, 15) is 0 Å². The molecule has 0 aromatic heterocycles. The van der Waals surface area contributed by atoms with Crippen LogP contribution in [0.3, 0.4) is 0 Å². The summed E-state index contributed by atoms with van der Waals surface area (Å²) in [6, 6.07) is 25.5. The Balaban J connectivity index is 0.00000867. The van der Waals surface area contributed by atoms with E-state index < -0.39 is 8.60 Å². The van der Waals surface area contributed by atoms with Gasteiger partial charge in [0.15, 0.2) is 0 Å². The minimum atomic E-state index is -1.72. The maximum absolute atomic E-state index is 6.76. The second-order valence-corrected chi connectivity index (χ2v) is 14.9. The molecule has 0 unspecified atom stereocenters. The van der Waals surface area contributed by atoms with Gasteiger partial charge in [0.05, 0.1) is 0 Å². The molecule has 0 heterocycles. The summed E-state index contributed by atoms with van der Waals surface area (Å²) in [5.74, 6) is 2.65. The molecular formula is C45H69NaO3P. The molecule has 273 valence electrons. The fraction of sp³-hybridized carbons (Fsp3) is 0.600. The van der Waals surface area contributed by atoms with Crippen molar-refractivity contribution in [3.63, 3.8) is 0 Å². The van der Waals surface area contributed by atoms with Crippen LogP contribution in [0.5, 0.6) is 17.2 Å². The molecule has 3 aromatic carbocycles. The van der Waals surface area contributed by atoms with E-state index in [4.69, 9.17) is 13.6 Å². The second kappa shape index (κ2) is 30.0. The quantitative estimate of drug-likeness (QED) is 0.0391. The number of hydrogen-bond donors (Lipinski definition) is 0. The van der Waals surface area contributed by atoms with E-state index in [1.165, 1.54) is 152 Å². The van der Waals surface area contributed by atoms with Gasteiger partial charge in [-0.25, -0.2) is 0 Å². The Morgan fingerprint density at radius 1 is 0.340 bits per heavy atom. The molecule has 0 atom stereocenters. The Hall–Kier alpha value is -1.51. The van der Waals surface area contributed by atoms with E-state index in [-0.39, 0.29) is 29.6 Å². The van der Waals surface area contributed by atoms with Gasteiger partial charge in [0.25, 0.3) is 0 Å². The van der Waals surface area contributed by atoms with Crippen LogP contribution in [0.4, 0.5) is 0 Å². The van der Waals surface area contributed by atoms with Crippen molar-refractivity contribution >= 4 is 38.2 Å². The molecular weight excluding hydrogens is 642 g/mol. The van der Waals surface area contributed by atoms with Crippen LogP contribution in [-0.4, -0.2) is 29.6 Å². The van der Waals surface area contributed by atoms with Gasteiger partial charge in [0, 0.05) is 29.6 Å². The zero-order chi connectivity index (χ0) is 34.6. The van der Waals surface area contributed by atoms with E-state index in [0.717, 1.165) is 36.5 Å². The van der Waals surface area contributed by atoms with Crippen LogP contribution in [0.1, 0.15) is 172 Å². The number of aryl methyl sites for hydroxylation is 3. The van der Waals surface area contributed by atoms with Crippen molar-refractivity contribution < 1.29 is 13.6 Å². The molecule has 0 fully saturated rings. The van der Waals surface area contributed by atoms with Crippen LogP contribution >= 0.6 is 8.60 Å². The van der Waals surface area contributed by atoms with E-state index in [1.54, 1.807) is 0 Å². The Labute approximate surface area is 331 Å². The predicted molar refractivity (Wildman–Crippen MR) is 219 cm³/mol. The topological polar surface area (TPSA) is 27.7 Å². The van der Waals surface area contributed by atoms with Crippen molar-refractivity contribution in [1.82, 2.24) is 0 Å². The van der Waals surface area contributed by atoms with Gasteiger partial charge in [-0.15, -0.1) is 0 Å². The van der Waals surface area contributed by atoms with Crippen molar-refractivity contribution in [2.75, 3.05) is 0 Å². The van der Waals surface area contributed by atoms with Crippen molar-refractivity contribution in [2.45, 2.75) is 175 Å². The average molecular weight is 712 g/mol. The minimum absolute atomic E-state index is 0. The molecule has 3 nitrogen and oxygen atoms in total. The molecule has 50 heavy (non-hydrogen) atoms. The van der Waals surface area contributed by atoms with E-state index in [2.05, 4.69) is 93.6 Å². The largest absolute Gasteiger partial charge is 0.530 e. The zero-order valence-electron chi connectivity index (χ0n) is 32.6. The van der Waals surface area contributed by atoms with Gasteiger partial charge >= 0.3 is 8.60 Å². The van der Waals surface area contributed by atoms with Gasteiger partial charge in [-0.05, 0) is 73.4 Å². The van der Waals surface area contributed by atoms with E-state index in [0.29, 0.717) is 0 Å². The number of benzene rings is 3. The van der Waals surface area contributed by atoms with E-state index in [1.807, 2.05) is 0 Å². The third kappa shape index (κ3) is 19.4. The number of unbranched alkanes of at least 4 members (excludes halogenated alkanes) is 18. The van der Waals surface area contributed by atoms with E-state index >= 15 is 0 Å². The molecule has 0 saturated carbocycles. The minimum Gasteiger partial charge on any atom is -0.408 e. The van der Waals surface area contributed by atoms with Gasteiger partial charge in [-0.2, -0.15) is 0 Å².